The van der Waals surface area contributed by atoms with Gasteiger partial charge in [-0.3, -0.25) is 4.79 Å². The van der Waals surface area contributed by atoms with Crippen LogP contribution < -0.4 is 16.2 Å². The first-order valence-corrected chi connectivity index (χ1v) is 7.15. The molecule has 7 heteroatoms. The third-order valence-corrected chi connectivity index (χ3v) is 3.66. The predicted molar refractivity (Wildman–Crippen MR) is 87.3 cm³/mol. The molecular weight excluding hydrogens is 294 g/mol. The van der Waals surface area contributed by atoms with Crippen LogP contribution in [0.15, 0.2) is 35.5 Å². The van der Waals surface area contributed by atoms with Gasteiger partial charge in [0.1, 0.15) is 17.7 Å². The SMILES string of the molecule is Cc1cc(O)c(C2N=CNN2)cc1C(=O)Nc1ncccc1C. The number of amides is 1. The highest BCUT2D eigenvalue weighted by atomic mass is 16.3. The molecule has 0 saturated heterocycles. The van der Waals surface area contributed by atoms with E-state index in [4.69, 9.17) is 0 Å². The van der Waals surface area contributed by atoms with Crippen LogP contribution >= 0.6 is 0 Å². The van der Waals surface area contributed by atoms with Crippen LogP contribution in [-0.2, 0) is 0 Å². The van der Waals surface area contributed by atoms with E-state index in [2.05, 4.69) is 26.1 Å². The Balaban J connectivity index is 1.92. The zero-order chi connectivity index (χ0) is 16.4. The third-order valence-electron chi connectivity index (χ3n) is 3.66. The van der Waals surface area contributed by atoms with Gasteiger partial charge in [-0.15, -0.1) is 0 Å². The number of aromatic nitrogens is 1. The summed E-state index contributed by atoms with van der Waals surface area (Å²) in [7, 11) is 0. The molecule has 1 aliphatic heterocycles. The molecule has 3 rings (SSSR count). The van der Waals surface area contributed by atoms with Crippen molar-refractivity contribution >= 4 is 18.1 Å². The molecule has 2 heterocycles. The molecule has 1 amide bonds. The zero-order valence-corrected chi connectivity index (χ0v) is 12.8. The Morgan fingerprint density at radius 3 is 2.83 bits per heavy atom. The molecule has 1 atom stereocenters. The number of carbonyl (C=O) groups excluding carboxylic acids is 1. The summed E-state index contributed by atoms with van der Waals surface area (Å²) in [5, 5.41) is 12.9. The largest absolute Gasteiger partial charge is 0.508 e. The summed E-state index contributed by atoms with van der Waals surface area (Å²) in [5.74, 6) is 0.331. The van der Waals surface area contributed by atoms with E-state index in [1.54, 1.807) is 25.3 Å². The van der Waals surface area contributed by atoms with Crippen molar-refractivity contribution in [2.24, 2.45) is 4.99 Å². The third kappa shape index (κ3) is 3.00. The Hall–Kier alpha value is -2.93. The molecule has 0 aliphatic carbocycles. The van der Waals surface area contributed by atoms with Crippen molar-refractivity contribution in [3.63, 3.8) is 0 Å². The van der Waals surface area contributed by atoms with Crippen molar-refractivity contribution in [1.29, 1.82) is 0 Å². The van der Waals surface area contributed by atoms with Crippen molar-refractivity contribution < 1.29 is 9.90 Å². The van der Waals surface area contributed by atoms with E-state index in [1.807, 2.05) is 19.1 Å². The number of phenols is 1. The van der Waals surface area contributed by atoms with Crippen molar-refractivity contribution in [2.45, 2.75) is 20.0 Å². The summed E-state index contributed by atoms with van der Waals surface area (Å²) in [6, 6.07) is 6.89. The van der Waals surface area contributed by atoms with E-state index in [0.29, 0.717) is 22.5 Å². The molecule has 2 aromatic rings. The Morgan fingerprint density at radius 2 is 2.13 bits per heavy atom. The average Bonchev–Trinajstić information content (AvgIpc) is 3.03. The van der Waals surface area contributed by atoms with Gasteiger partial charge in [-0.25, -0.2) is 15.4 Å². The van der Waals surface area contributed by atoms with Gasteiger partial charge in [0.25, 0.3) is 5.91 Å². The number of pyridine rings is 1. The summed E-state index contributed by atoms with van der Waals surface area (Å²) in [4.78, 5) is 20.9. The van der Waals surface area contributed by atoms with Crippen molar-refractivity contribution in [1.82, 2.24) is 15.8 Å². The molecule has 0 saturated carbocycles. The van der Waals surface area contributed by atoms with E-state index in [0.717, 1.165) is 5.56 Å². The number of aliphatic imine (C=N–C) groups is 1. The number of nitrogens with zero attached hydrogens (tertiary/aromatic N) is 2. The highest BCUT2D eigenvalue weighted by molar-refractivity contribution is 6.05. The smallest absolute Gasteiger partial charge is 0.257 e. The first-order chi connectivity index (χ1) is 11.1. The van der Waals surface area contributed by atoms with Crippen molar-refractivity contribution in [3.05, 3.63) is 52.7 Å². The van der Waals surface area contributed by atoms with E-state index in [-0.39, 0.29) is 11.7 Å². The lowest BCUT2D eigenvalue weighted by Gasteiger charge is -2.14. The normalized spacial score (nSPS) is 16.2. The number of rotatable bonds is 3. The van der Waals surface area contributed by atoms with Crippen LogP contribution in [0.25, 0.3) is 0 Å². The number of aromatic hydroxyl groups is 1. The van der Waals surface area contributed by atoms with Gasteiger partial charge in [0.2, 0.25) is 0 Å². The number of phenolic OH excluding ortho intramolecular Hbond substituents is 1. The molecule has 4 N–H and O–H groups in total. The number of aryl methyl sites for hydroxylation is 2. The van der Waals surface area contributed by atoms with Crippen LogP contribution in [0.5, 0.6) is 5.75 Å². The second-order valence-electron chi connectivity index (χ2n) is 5.32. The van der Waals surface area contributed by atoms with E-state index < -0.39 is 6.17 Å². The van der Waals surface area contributed by atoms with E-state index in [9.17, 15) is 9.90 Å². The number of hydrogen-bond donors (Lipinski definition) is 4. The lowest BCUT2D eigenvalue weighted by atomic mass is 10.0. The molecule has 23 heavy (non-hydrogen) atoms. The van der Waals surface area contributed by atoms with Crippen molar-refractivity contribution in [2.75, 3.05) is 5.32 Å². The molecule has 1 aliphatic rings. The lowest BCUT2D eigenvalue weighted by molar-refractivity contribution is 0.102. The summed E-state index contributed by atoms with van der Waals surface area (Å²) < 4.78 is 0. The van der Waals surface area contributed by atoms with Gasteiger partial charge in [0.05, 0.1) is 6.34 Å². The topological polar surface area (TPSA) is 98.6 Å². The van der Waals surface area contributed by atoms with Crippen LogP contribution in [0.4, 0.5) is 5.82 Å². The molecule has 1 aromatic heterocycles. The summed E-state index contributed by atoms with van der Waals surface area (Å²) in [5.41, 5.74) is 8.17. The number of carbonyl (C=O) groups is 1. The van der Waals surface area contributed by atoms with Gasteiger partial charge >= 0.3 is 0 Å². The molecule has 7 nitrogen and oxygen atoms in total. The lowest BCUT2D eigenvalue weighted by Crippen LogP contribution is -2.26. The minimum absolute atomic E-state index is 0.0893. The zero-order valence-electron chi connectivity index (χ0n) is 12.8. The molecule has 0 spiro atoms. The Labute approximate surface area is 133 Å². The Morgan fingerprint density at radius 1 is 1.30 bits per heavy atom. The number of nitrogens with one attached hydrogen (secondary N) is 3. The minimum atomic E-state index is -0.432. The molecule has 118 valence electrons. The fourth-order valence-electron chi connectivity index (χ4n) is 2.39. The maximum Gasteiger partial charge on any atom is 0.257 e. The van der Waals surface area contributed by atoms with Gasteiger partial charge in [-0.05, 0) is 43.2 Å². The van der Waals surface area contributed by atoms with Gasteiger partial charge in [0.15, 0.2) is 0 Å². The van der Waals surface area contributed by atoms with Crippen molar-refractivity contribution in [3.8, 4) is 5.75 Å². The monoisotopic (exact) mass is 311 g/mol. The fraction of sp³-hybridized carbons (Fsp3) is 0.188. The summed E-state index contributed by atoms with van der Waals surface area (Å²) >= 11 is 0. The molecule has 0 fully saturated rings. The average molecular weight is 311 g/mol. The maximum absolute atomic E-state index is 12.6. The highest BCUT2D eigenvalue weighted by Gasteiger charge is 2.20. The Bertz CT molecular complexity index is 788. The van der Waals surface area contributed by atoms with Crippen LogP contribution in [0.1, 0.15) is 33.2 Å². The first-order valence-electron chi connectivity index (χ1n) is 7.15. The number of hydrogen-bond acceptors (Lipinski definition) is 6. The first kappa shape index (κ1) is 15.0. The number of hydrazine groups is 1. The van der Waals surface area contributed by atoms with Gasteiger partial charge < -0.3 is 15.8 Å². The number of anilines is 1. The standard InChI is InChI=1S/C16H17N5O2/c1-9-4-3-5-17-14(9)20-16(23)11-7-12(13(22)6-10(11)2)15-18-8-19-21-15/h3-8,15,21-22H,1-2H3,(H,18,19)(H,17,20,23). The molecule has 0 radical (unpaired) electrons. The van der Waals surface area contributed by atoms with Crippen LogP contribution in [-0.4, -0.2) is 22.3 Å². The predicted octanol–water partition coefficient (Wildman–Crippen LogP) is 1.79. The van der Waals surface area contributed by atoms with Gasteiger partial charge in [0, 0.05) is 17.3 Å². The van der Waals surface area contributed by atoms with Crippen LogP contribution in [0.3, 0.4) is 0 Å². The van der Waals surface area contributed by atoms with Gasteiger partial charge in [-0.1, -0.05) is 6.07 Å². The van der Waals surface area contributed by atoms with Gasteiger partial charge in [-0.2, -0.15) is 0 Å². The second kappa shape index (κ2) is 6.05. The molecule has 1 unspecified atom stereocenters. The van der Waals surface area contributed by atoms with E-state index in [1.165, 1.54) is 6.34 Å². The second-order valence-corrected chi connectivity index (χ2v) is 5.32. The maximum atomic E-state index is 12.6. The summed E-state index contributed by atoms with van der Waals surface area (Å²) in [6.45, 7) is 3.65. The van der Waals surface area contributed by atoms with Crippen LogP contribution in [0.2, 0.25) is 0 Å². The van der Waals surface area contributed by atoms with Crippen LogP contribution in [0, 0.1) is 13.8 Å². The number of benzene rings is 1. The highest BCUT2D eigenvalue weighted by Crippen LogP contribution is 2.29. The molecular formula is C16H17N5O2. The fourth-order valence-corrected chi connectivity index (χ4v) is 2.39. The Kier molecular flexibility index (Phi) is 3.94. The quantitative estimate of drug-likeness (QED) is 0.693. The molecule has 0 bridgehead atoms. The molecule has 1 aromatic carbocycles. The minimum Gasteiger partial charge on any atom is -0.508 e. The van der Waals surface area contributed by atoms with E-state index >= 15 is 0 Å². The summed E-state index contributed by atoms with van der Waals surface area (Å²) in [6.07, 6.45) is 2.69.